The molecule has 1 aromatic rings. The number of rotatable bonds is 19. The van der Waals surface area contributed by atoms with E-state index >= 15 is 0 Å². The molecule has 3 aliphatic heterocycles. The maximum atomic E-state index is 13.8. The van der Waals surface area contributed by atoms with E-state index in [0.29, 0.717) is 25.7 Å². The van der Waals surface area contributed by atoms with Gasteiger partial charge in [0.15, 0.2) is 0 Å². The van der Waals surface area contributed by atoms with Crippen molar-refractivity contribution in [3.05, 3.63) is 35.9 Å². The van der Waals surface area contributed by atoms with Gasteiger partial charge in [-0.15, -0.1) is 0 Å². The predicted octanol–water partition coefficient (Wildman–Crippen LogP) is -1.91. The van der Waals surface area contributed by atoms with Crippen LogP contribution in [0.5, 0.6) is 0 Å². The molecule has 0 saturated carbocycles. The number of nitrogens with zero attached hydrogens (tertiary/aromatic N) is 3. The van der Waals surface area contributed by atoms with Crippen molar-refractivity contribution < 1.29 is 58.5 Å². The summed E-state index contributed by atoms with van der Waals surface area (Å²) in [6.07, 6.45) is 1.57. The highest BCUT2D eigenvalue weighted by molar-refractivity contribution is 5.98. The molecule has 3 saturated heterocycles. The van der Waals surface area contributed by atoms with Crippen molar-refractivity contribution in [2.24, 2.45) is 11.7 Å². The quantitative estimate of drug-likeness (QED) is 0.0755. The molecule has 0 radical (unpaired) electrons. The number of likely N-dealkylation sites (tertiary alicyclic amines) is 3. The Kier molecular flexibility index (Phi) is 16.9. The van der Waals surface area contributed by atoms with Gasteiger partial charge in [-0.3, -0.25) is 38.4 Å². The number of hydrogen-bond donors (Lipinski definition) is 8. The fourth-order valence-electron chi connectivity index (χ4n) is 7.96. The van der Waals surface area contributed by atoms with Gasteiger partial charge in [-0.25, -0.2) is 4.79 Å². The molecule has 8 atom stereocenters. The molecule has 1 aromatic carbocycles. The molecule has 0 aliphatic carbocycles. The van der Waals surface area contributed by atoms with Crippen molar-refractivity contribution in [3.63, 3.8) is 0 Å². The number of nitrogens with one attached hydrogen (secondary N) is 4. The third-order valence-corrected chi connectivity index (χ3v) is 11.0. The summed E-state index contributed by atoms with van der Waals surface area (Å²) in [5.74, 6) is -7.67. The number of carboxylic acid groups (broad SMARTS) is 2. The second kappa shape index (κ2) is 21.6. The average molecular weight is 843 g/mol. The lowest BCUT2D eigenvalue weighted by molar-refractivity contribution is -0.150. The summed E-state index contributed by atoms with van der Waals surface area (Å²) in [4.78, 5) is 121. The van der Waals surface area contributed by atoms with Crippen molar-refractivity contribution in [2.45, 2.75) is 127 Å². The minimum Gasteiger partial charge on any atom is -0.481 e. The molecular weight excluding hydrogens is 784 g/mol. The van der Waals surface area contributed by atoms with Crippen LogP contribution >= 0.6 is 0 Å². The van der Waals surface area contributed by atoms with Crippen LogP contribution in [0.15, 0.2) is 30.3 Å². The predicted molar refractivity (Wildman–Crippen MR) is 212 cm³/mol. The summed E-state index contributed by atoms with van der Waals surface area (Å²) in [5, 5.41) is 39.3. The van der Waals surface area contributed by atoms with Gasteiger partial charge in [0.1, 0.15) is 42.3 Å². The SMILES string of the molecule is CC(C)C[C@H](NC(=O)[C@@H]1CCCN1C(=O)[C@H](CO)NC(=O)[C@@H]1CCCN1C(=O)[C@H](C)NC(=O)[C@H](CC(=O)O)NC(=O)[C@@H](N)Cc1ccccc1)C(=O)N1CCC[C@H]1C(=O)O. The van der Waals surface area contributed by atoms with Crippen LogP contribution in [-0.4, -0.2) is 158 Å². The van der Waals surface area contributed by atoms with E-state index in [9.17, 15) is 58.5 Å². The molecule has 0 spiro atoms. The smallest absolute Gasteiger partial charge is 0.326 e. The van der Waals surface area contributed by atoms with Crippen molar-refractivity contribution >= 4 is 53.3 Å². The number of carbonyl (C=O) groups excluding carboxylic acids is 7. The Hall–Kier alpha value is -5.63. The van der Waals surface area contributed by atoms with Crippen molar-refractivity contribution in [1.29, 1.82) is 0 Å². The van der Waals surface area contributed by atoms with E-state index < -0.39 is 115 Å². The minimum absolute atomic E-state index is 0.0435. The van der Waals surface area contributed by atoms with Crippen molar-refractivity contribution in [3.8, 4) is 0 Å². The summed E-state index contributed by atoms with van der Waals surface area (Å²) >= 11 is 0. The molecule has 7 amide bonds. The van der Waals surface area contributed by atoms with Gasteiger partial charge in [0.25, 0.3) is 0 Å². The summed E-state index contributed by atoms with van der Waals surface area (Å²) < 4.78 is 0. The fraction of sp³-hybridized carbons (Fsp3) is 0.625. The van der Waals surface area contributed by atoms with Gasteiger partial charge in [0.2, 0.25) is 41.4 Å². The molecule has 4 rings (SSSR count). The lowest BCUT2D eigenvalue weighted by Gasteiger charge is -2.32. The zero-order valence-electron chi connectivity index (χ0n) is 34.2. The molecular formula is C40H58N8O12. The molecule has 0 unspecified atom stereocenters. The zero-order valence-corrected chi connectivity index (χ0v) is 34.2. The first-order chi connectivity index (χ1) is 28.4. The van der Waals surface area contributed by atoms with E-state index in [4.69, 9.17) is 5.73 Å². The summed E-state index contributed by atoms with van der Waals surface area (Å²) in [6, 6.07) is -0.802. The molecule has 0 bridgehead atoms. The molecule has 0 aromatic heterocycles. The number of aliphatic hydroxyl groups excluding tert-OH is 1. The highest BCUT2D eigenvalue weighted by Crippen LogP contribution is 2.24. The van der Waals surface area contributed by atoms with E-state index in [1.807, 2.05) is 13.8 Å². The van der Waals surface area contributed by atoms with Gasteiger partial charge in [0.05, 0.1) is 19.1 Å². The van der Waals surface area contributed by atoms with E-state index in [1.165, 1.54) is 21.6 Å². The topological polar surface area (TPSA) is 298 Å². The number of amides is 7. The number of carbonyl (C=O) groups is 9. The normalized spacial score (nSPS) is 21.4. The van der Waals surface area contributed by atoms with Gasteiger partial charge in [0, 0.05) is 19.6 Å². The highest BCUT2D eigenvalue weighted by Gasteiger charge is 2.43. The average Bonchev–Trinajstić information content (AvgIpc) is 4.00. The lowest BCUT2D eigenvalue weighted by Crippen LogP contribution is -2.60. The fourth-order valence-corrected chi connectivity index (χ4v) is 7.96. The van der Waals surface area contributed by atoms with Crippen molar-refractivity contribution in [1.82, 2.24) is 36.0 Å². The molecule has 9 N–H and O–H groups in total. The van der Waals surface area contributed by atoms with Gasteiger partial charge in [-0.05, 0) is 69.8 Å². The van der Waals surface area contributed by atoms with Crippen LogP contribution in [0.4, 0.5) is 0 Å². The first-order valence-corrected chi connectivity index (χ1v) is 20.4. The van der Waals surface area contributed by atoms with E-state index in [-0.39, 0.29) is 51.2 Å². The first-order valence-electron chi connectivity index (χ1n) is 20.4. The van der Waals surface area contributed by atoms with Gasteiger partial charge >= 0.3 is 11.9 Å². The zero-order chi connectivity index (χ0) is 44.3. The third kappa shape index (κ3) is 12.2. The van der Waals surface area contributed by atoms with Crippen LogP contribution in [-0.2, 0) is 49.6 Å². The summed E-state index contributed by atoms with van der Waals surface area (Å²) in [6.45, 7) is 4.66. The lowest BCUT2D eigenvalue weighted by atomic mass is 10.0. The minimum atomic E-state index is -1.58. The molecule has 60 heavy (non-hydrogen) atoms. The van der Waals surface area contributed by atoms with Crippen LogP contribution in [0.1, 0.15) is 77.7 Å². The largest absolute Gasteiger partial charge is 0.481 e. The summed E-state index contributed by atoms with van der Waals surface area (Å²) in [5.41, 5.74) is 6.77. The second-order valence-electron chi connectivity index (χ2n) is 16.0. The second-order valence-corrected chi connectivity index (χ2v) is 16.0. The van der Waals surface area contributed by atoms with Gasteiger partial charge < -0.3 is 57.0 Å². The molecule has 330 valence electrons. The van der Waals surface area contributed by atoms with Crippen LogP contribution in [0.3, 0.4) is 0 Å². The van der Waals surface area contributed by atoms with Crippen LogP contribution in [0, 0.1) is 5.92 Å². The number of carboxylic acids is 2. The maximum Gasteiger partial charge on any atom is 0.326 e. The Bertz CT molecular complexity index is 1760. The monoisotopic (exact) mass is 842 g/mol. The highest BCUT2D eigenvalue weighted by atomic mass is 16.4. The molecule has 20 heteroatoms. The van der Waals surface area contributed by atoms with Gasteiger partial charge in [-0.2, -0.15) is 0 Å². The number of nitrogens with two attached hydrogens (primary N) is 1. The Labute approximate surface area is 347 Å². The Balaban J connectivity index is 1.37. The van der Waals surface area contributed by atoms with Crippen LogP contribution in [0.2, 0.25) is 0 Å². The number of aliphatic hydroxyl groups is 1. The standard InChI is InChI=1S/C40H58N8O12/c1-22(2)18-27(38(57)48-17-9-14-31(48)40(59)60)44-35(54)30-13-8-16-47(30)39(58)28(21-49)45-36(55)29-12-7-15-46(29)37(56)23(3)42-34(53)26(20-32(50)51)43-33(52)25(41)19-24-10-5-4-6-11-24/h4-6,10-11,22-23,25-31,49H,7-9,12-21,41H2,1-3H3,(H,42,53)(H,43,52)(H,44,54)(H,45,55)(H,50,51)(H,59,60)/t23-,25-,26-,27-,28-,29-,30-,31-/m0/s1. The Morgan fingerprint density at radius 1 is 0.667 bits per heavy atom. The van der Waals surface area contributed by atoms with Crippen LogP contribution in [0.25, 0.3) is 0 Å². The molecule has 3 heterocycles. The molecule has 3 fully saturated rings. The Morgan fingerprint density at radius 3 is 1.68 bits per heavy atom. The Morgan fingerprint density at radius 2 is 1.17 bits per heavy atom. The number of benzene rings is 1. The van der Waals surface area contributed by atoms with E-state index in [2.05, 4.69) is 21.3 Å². The number of aliphatic carboxylic acids is 2. The first kappa shape index (κ1) is 47.1. The van der Waals surface area contributed by atoms with Crippen molar-refractivity contribution in [2.75, 3.05) is 26.2 Å². The third-order valence-electron chi connectivity index (χ3n) is 11.0. The molecule has 3 aliphatic rings. The molecule has 20 nitrogen and oxygen atoms in total. The maximum absolute atomic E-state index is 13.8. The summed E-state index contributed by atoms with van der Waals surface area (Å²) in [7, 11) is 0. The van der Waals surface area contributed by atoms with Gasteiger partial charge in [-0.1, -0.05) is 44.2 Å². The number of hydrogen-bond acceptors (Lipinski definition) is 11. The van der Waals surface area contributed by atoms with E-state index in [1.54, 1.807) is 30.3 Å². The van der Waals surface area contributed by atoms with Crippen LogP contribution < -0.4 is 27.0 Å². The van der Waals surface area contributed by atoms with E-state index in [0.717, 1.165) is 5.56 Å².